The van der Waals surface area contributed by atoms with Gasteiger partial charge in [0.05, 0.1) is 12.2 Å². The molecular weight excluding hydrogens is 381 g/mol. The minimum Gasteiger partial charge on any atom is -0.462 e. The number of benzene rings is 2. The molecule has 2 aromatic rings. The highest BCUT2D eigenvalue weighted by atomic mass is 35.5. The lowest BCUT2D eigenvalue weighted by molar-refractivity contribution is -0.139. The van der Waals surface area contributed by atoms with Crippen LogP contribution in [0.4, 0.5) is 4.39 Å². The average Bonchev–Trinajstić information content (AvgIpc) is 2.65. The second-order valence-electron chi connectivity index (χ2n) is 6.70. The Balaban J connectivity index is 1.74. The number of nitrogens with one attached hydrogen (secondary N) is 1. The first kappa shape index (κ1) is 20.1. The van der Waals surface area contributed by atoms with E-state index in [1.54, 1.807) is 13.0 Å². The Kier molecular flexibility index (Phi) is 6.47. The molecule has 1 heterocycles. The lowest BCUT2D eigenvalue weighted by atomic mass is 9.84. The maximum Gasteiger partial charge on any atom is 0.336 e. The molecular formula is C22H21ClFNO3. The lowest BCUT2D eigenvalue weighted by Gasteiger charge is -2.27. The van der Waals surface area contributed by atoms with Gasteiger partial charge in [-0.1, -0.05) is 48.0 Å². The summed E-state index contributed by atoms with van der Waals surface area (Å²) in [5, 5.41) is 2.82. The first-order chi connectivity index (χ1) is 13.5. The van der Waals surface area contributed by atoms with Crippen molar-refractivity contribution in [3.63, 3.8) is 0 Å². The topological polar surface area (TPSA) is 55.4 Å². The van der Waals surface area contributed by atoms with Gasteiger partial charge in [-0.15, -0.1) is 0 Å². The van der Waals surface area contributed by atoms with Crippen LogP contribution in [0.3, 0.4) is 0 Å². The molecule has 1 amide bonds. The summed E-state index contributed by atoms with van der Waals surface area (Å²) in [6.07, 6.45) is 1.39. The molecule has 0 aliphatic carbocycles. The Hall–Kier alpha value is -2.66. The van der Waals surface area contributed by atoms with Crippen molar-refractivity contribution < 1.29 is 18.7 Å². The predicted molar refractivity (Wildman–Crippen MR) is 105 cm³/mol. The number of ether oxygens (including phenoxy) is 1. The molecule has 0 saturated carbocycles. The van der Waals surface area contributed by atoms with E-state index in [2.05, 4.69) is 5.32 Å². The van der Waals surface area contributed by atoms with Gasteiger partial charge in [-0.2, -0.15) is 0 Å². The minimum atomic E-state index is -0.774. The van der Waals surface area contributed by atoms with Crippen LogP contribution in [-0.2, 0) is 20.7 Å². The maximum atomic E-state index is 14.4. The summed E-state index contributed by atoms with van der Waals surface area (Å²) in [5.41, 5.74) is 1.92. The summed E-state index contributed by atoms with van der Waals surface area (Å²) in [7, 11) is 0. The number of allylic oxidation sites excluding steroid dienone is 1. The van der Waals surface area contributed by atoms with E-state index in [-0.39, 0.29) is 35.1 Å². The Labute approximate surface area is 168 Å². The van der Waals surface area contributed by atoms with Gasteiger partial charge in [0.1, 0.15) is 5.82 Å². The van der Waals surface area contributed by atoms with Crippen molar-refractivity contribution in [2.45, 2.75) is 32.1 Å². The van der Waals surface area contributed by atoms with Crippen molar-refractivity contribution in [1.29, 1.82) is 0 Å². The number of hydrogen-bond acceptors (Lipinski definition) is 3. The Morgan fingerprint density at radius 3 is 2.68 bits per heavy atom. The van der Waals surface area contributed by atoms with Crippen LogP contribution in [0.15, 0.2) is 59.8 Å². The van der Waals surface area contributed by atoms with Crippen molar-refractivity contribution in [1.82, 2.24) is 5.32 Å². The van der Waals surface area contributed by atoms with E-state index in [1.807, 2.05) is 30.3 Å². The molecule has 0 spiro atoms. The molecule has 0 bridgehead atoms. The van der Waals surface area contributed by atoms with Gasteiger partial charge in [0.15, 0.2) is 0 Å². The van der Waals surface area contributed by atoms with E-state index in [9.17, 15) is 14.0 Å². The van der Waals surface area contributed by atoms with E-state index in [0.29, 0.717) is 12.1 Å². The number of rotatable bonds is 6. The number of halogens is 2. The molecule has 1 N–H and O–H groups in total. The van der Waals surface area contributed by atoms with Crippen molar-refractivity contribution >= 4 is 23.5 Å². The highest BCUT2D eigenvalue weighted by Gasteiger charge is 2.35. The molecule has 2 aromatic carbocycles. The van der Waals surface area contributed by atoms with Gasteiger partial charge in [0, 0.05) is 28.6 Å². The Morgan fingerprint density at radius 2 is 1.96 bits per heavy atom. The second-order valence-corrected chi connectivity index (χ2v) is 7.11. The van der Waals surface area contributed by atoms with Crippen molar-refractivity contribution in [2.24, 2.45) is 0 Å². The highest BCUT2D eigenvalue weighted by molar-refractivity contribution is 6.31. The average molecular weight is 402 g/mol. The first-order valence-corrected chi connectivity index (χ1v) is 9.50. The van der Waals surface area contributed by atoms with Crippen LogP contribution in [0.1, 0.15) is 36.8 Å². The van der Waals surface area contributed by atoms with Gasteiger partial charge in [0.2, 0.25) is 5.91 Å². The van der Waals surface area contributed by atoms with Crippen LogP contribution in [0.5, 0.6) is 0 Å². The molecule has 28 heavy (non-hydrogen) atoms. The van der Waals surface area contributed by atoms with Crippen LogP contribution in [0.25, 0.3) is 0 Å². The molecule has 0 radical (unpaired) electrons. The third kappa shape index (κ3) is 4.60. The fraction of sp³-hybridized carbons (Fsp3) is 0.273. The number of amides is 1. The number of carbonyl (C=O) groups is 2. The van der Waals surface area contributed by atoms with Crippen LogP contribution >= 0.6 is 11.6 Å². The standard InChI is InChI=1S/C22H21ClFNO3/c1-14-20(22(27)28-12-6-9-15-7-3-2-4-8-15)16(13-19(26)25-14)21-17(23)10-5-11-18(21)24/h2-5,7-8,10-11,16H,6,9,12-13H2,1H3,(H,25,26). The van der Waals surface area contributed by atoms with Gasteiger partial charge >= 0.3 is 5.97 Å². The number of hydrogen-bond donors (Lipinski definition) is 1. The van der Waals surface area contributed by atoms with Gasteiger partial charge in [-0.05, 0) is 37.5 Å². The molecule has 4 nitrogen and oxygen atoms in total. The SMILES string of the molecule is CC1=C(C(=O)OCCCc2ccccc2)C(c2c(F)cccc2Cl)CC(=O)N1. The largest absolute Gasteiger partial charge is 0.462 e. The third-order valence-electron chi connectivity index (χ3n) is 4.72. The van der Waals surface area contributed by atoms with Crippen LogP contribution in [0, 0.1) is 5.82 Å². The van der Waals surface area contributed by atoms with Crippen LogP contribution in [-0.4, -0.2) is 18.5 Å². The summed E-state index contributed by atoms with van der Waals surface area (Å²) in [6.45, 7) is 1.84. The second kappa shape index (κ2) is 9.02. The number of esters is 1. The first-order valence-electron chi connectivity index (χ1n) is 9.13. The Bertz CT molecular complexity index is 891. The molecule has 146 valence electrons. The smallest absolute Gasteiger partial charge is 0.336 e. The summed E-state index contributed by atoms with van der Waals surface area (Å²) >= 11 is 6.18. The molecule has 1 aliphatic heterocycles. The fourth-order valence-electron chi connectivity index (χ4n) is 3.43. The summed E-state index contributed by atoms with van der Waals surface area (Å²) in [4.78, 5) is 24.7. The molecule has 1 aliphatic rings. The normalized spacial score (nSPS) is 16.7. The maximum absolute atomic E-state index is 14.4. The molecule has 1 unspecified atom stereocenters. The monoisotopic (exact) mass is 401 g/mol. The zero-order chi connectivity index (χ0) is 20.1. The summed E-state index contributed by atoms with van der Waals surface area (Å²) in [6, 6.07) is 14.2. The van der Waals surface area contributed by atoms with E-state index in [1.165, 1.54) is 12.1 Å². The van der Waals surface area contributed by atoms with Crippen molar-refractivity contribution in [2.75, 3.05) is 6.61 Å². The molecule has 0 aromatic heterocycles. The zero-order valence-corrected chi connectivity index (χ0v) is 16.3. The molecule has 3 rings (SSSR count). The van der Waals surface area contributed by atoms with E-state index in [0.717, 1.165) is 12.0 Å². The van der Waals surface area contributed by atoms with Gasteiger partial charge in [-0.25, -0.2) is 9.18 Å². The summed E-state index contributed by atoms with van der Waals surface area (Å²) in [5.74, 6) is -2.17. The fourth-order valence-corrected chi connectivity index (χ4v) is 3.72. The van der Waals surface area contributed by atoms with E-state index >= 15 is 0 Å². The predicted octanol–water partition coefficient (Wildman–Crippen LogP) is 4.53. The molecule has 1 atom stereocenters. The van der Waals surface area contributed by atoms with Crippen molar-refractivity contribution in [3.05, 3.63) is 81.8 Å². The lowest BCUT2D eigenvalue weighted by Crippen LogP contribution is -2.34. The van der Waals surface area contributed by atoms with Gasteiger partial charge in [-0.3, -0.25) is 4.79 Å². The highest BCUT2D eigenvalue weighted by Crippen LogP contribution is 2.38. The van der Waals surface area contributed by atoms with Crippen molar-refractivity contribution in [3.8, 4) is 0 Å². The summed E-state index contributed by atoms with van der Waals surface area (Å²) < 4.78 is 19.9. The third-order valence-corrected chi connectivity index (χ3v) is 5.05. The van der Waals surface area contributed by atoms with Gasteiger partial charge in [0.25, 0.3) is 0 Å². The molecule has 0 fully saturated rings. The molecule has 6 heteroatoms. The number of carbonyl (C=O) groups excluding carboxylic acids is 2. The van der Waals surface area contributed by atoms with E-state index < -0.39 is 17.7 Å². The van der Waals surface area contributed by atoms with E-state index in [4.69, 9.17) is 16.3 Å². The quantitative estimate of drug-likeness (QED) is 0.571. The Morgan fingerprint density at radius 1 is 1.21 bits per heavy atom. The minimum absolute atomic E-state index is 0.0631. The number of aryl methyl sites for hydroxylation is 1. The van der Waals surface area contributed by atoms with Gasteiger partial charge < -0.3 is 10.1 Å². The zero-order valence-electron chi connectivity index (χ0n) is 15.5. The van der Waals surface area contributed by atoms with Crippen LogP contribution < -0.4 is 5.32 Å². The van der Waals surface area contributed by atoms with Crippen LogP contribution in [0.2, 0.25) is 5.02 Å². The molecule has 0 saturated heterocycles.